The fourth-order valence-corrected chi connectivity index (χ4v) is 1.81. The smallest absolute Gasteiger partial charge is 0.273 e. The lowest BCUT2D eigenvalue weighted by Crippen LogP contribution is -2.04. The van der Waals surface area contributed by atoms with Crippen LogP contribution in [-0.4, -0.2) is 4.92 Å². The van der Waals surface area contributed by atoms with Crippen molar-refractivity contribution in [3.63, 3.8) is 0 Å². The van der Waals surface area contributed by atoms with Crippen LogP contribution in [0.15, 0.2) is 42.5 Å². The molecule has 1 atom stereocenters. The number of ether oxygens (including phenoxy) is 1. The van der Waals surface area contributed by atoms with E-state index in [1.165, 1.54) is 18.2 Å². The normalized spacial score (nSPS) is 11.9. The molecule has 0 unspecified atom stereocenters. The van der Waals surface area contributed by atoms with Crippen molar-refractivity contribution >= 4 is 17.3 Å². The summed E-state index contributed by atoms with van der Waals surface area (Å²) in [4.78, 5) is 10.2. The van der Waals surface area contributed by atoms with Crippen LogP contribution < -0.4 is 10.5 Å². The second-order valence-electron chi connectivity index (χ2n) is 4.33. The van der Waals surface area contributed by atoms with Crippen molar-refractivity contribution in [3.05, 3.63) is 63.2 Å². The van der Waals surface area contributed by atoms with Gasteiger partial charge in [0.05, 0.1) is 16.0 Å². The van der Waals surface area contributed by atoms with E-state index in [9.17, 15) is 10.1 Å². The minimum atomic E-state index is -0.498. The summed E-state index contributed by atoms with van der Waals surface area (Å²) >= 11 is 5.96. The van der Waals surface area contributed by atoms with Gasteiger partial charge in [-0.1, -0.05) is 23.7 Å². The van der Waals surface area contributed by atoms with Gasteiger partial charge in [-0.3, -0.25) is 10.1 Å². The maximum absolute atomic E-state index is 10.7. The first-order chi connectivity index (χ1) is 9.47. The van der Waals surface area contributed by atoms with Gasteiger partial charge in [-0.05, 0) is 30.7 Å². The predicted molar refractivity (Wildman–Crippen MR) is 77.2 cm³/mol. The Hall–Kier alpha value is -2.11. The summed E-state index contributed by atoms with van der Waals surface area (Å²) in [6.45, 7) is 1.88. The van der Waals surface area contributed by atoms with Crippen LogP contribution in [0.3, 0.4) is 0 Å². The molecular formula is C14H13ClN2O3. The van der Waals surface area contributed by atoms with Gasteiger partial charge in [0.15, 0.2) is 5.75 Å². The molecule has 0 aliphatic rings. The number of halogens is 1. The van der Waals surface area contributed by atoms with Crippen LogP contribution in [0.25, 0.3) is 0 Å². The van der Waals surface area contributed by atoms with Gasteiger partial charge in [-0.2, -0.15) is 0 Å². The molecule has 2 aromatic carbocycles. The molecule has 0 saturated heterocycles. The molecule has 0 saturated carbocycles. The molecule has 6 heteroatoms. The first-order valence-electron chi connectivity index (χ1n) is 5.94. The quantitative estimate of drug-likeness (QED) is 0.681. The van der Waals surface area contributed by atoms with Gasteiger partial charge >= 0.3 is 0 Å². The average Bonchev–Trinajstić information content (AvgIpc) is 2.41. The van der Waals surface area contributed by atoms with Gasteiger partial charge in [0.25, 0.3) is 5.69 Å². The summed E-state index contributed by atoms with van der Waals surface area (Å²) < 4.78 is 5.56. The first kappa shape index (κ1) is 14.3. The van der Waals surface area contributed by atoms with Crippen molar-refractivity contribution in [1.82, 2.24) is 0 Å². The summed E-state index contributed by atoms with van der Waals surface area (Å²) in [5.41, 5.74) is 6.66. The fraction of sp³-hybridized carbons (Fsp3) is 0.143. The zero-order valence-electron chi connectivity index (χ0n) is 10.7. The third-order valence-electron chi connectivity index (χ3n) is 2.76. The van der Waals surface area contributed by atoms with Crippen LogP contribution in [0, 0.1) is 10.1 Å². The van der Waals surface area contributed by atoms with Crippen LogP contribution in [0.4, 0.5) is 5.69 Å². The number of benzene rings is 2. The molecule has 5 nitrogen and oxygen atoms in total. The Labute approximate surface area is 121 Å². The molecule has 0 aromatic heterocycles. The molecule has 2 rings (SSSR count). The van der Waals surface area contributed by atoms with Gasteiger partial charge in [-0.25, -0.2) is 0 Å². The minimum Gasteiger partial charge on any atom is -0.456 e. The SMILES string of the molecule is C[C@H](N)c1ccc(Oc2cc([N+](=O)[O-])ccc2Cl)cc1. The number of nitrogens with zero attached hydrogens (tertiary/aromatic N) is 1. The van der Waals surface area contributed by atoms with E-state index in [0.717, 1.165) is 5.56 Å². The van der Waals surface area contributed by atoms with Gasteiger partial charge in [0, 0.05) is 12.1 Å². The summed E-state index contributed by atoms with van der Waals surface area (Å²) in [5.74, 6) is 0.784. The molecular weight excluding hydrogens is 280 g/mol. The Bertz CT molecular complexity index is 627. The Morgan fingerprint density at radius 2 is 1.90 bits per heavy atom. The molecule has 0 radical (unpaired) electrons. The molecule has 2 N–H and O–H groups in total. The maximum atomic E-state index is 10.7. The summed E-state index contributed by atoms with van der Waals surface area (Å²) in [6.07, 6.45) is 0. The number of hydrogen-bond acceptors (Lipinski definition) is 4. The fourth-order valence-electron chi connectivity index (χ4n) is 1.65. The average molecular weight is 293 g/mol. The van der Waals surface area contributed by atoms with Crippen LogP contribution in [-0.2, 0) is 0 Å². The van der Waals surface area contributed by atoms with Crippen molar-refractivity contribution in [2.75, 3.05) is 0 Å². The molecule has 0 heterocycles. The lowest BCUT2D eigenvalue weighted by molar-refractivity contribution is -0.384. The largest absolute Gasteiger partial charge is 0.456 e. The molecule has 0 aliphatic heterocycles. The highest BCUT2D eigenvalue weighted by Crippen LogP contribution is 2.32. The van der Waals surface area contributed by atoms with Crippen LogP contribution in [0.2, 0.25) is 5.02 Å². The predicted octanol–water partition coefficient (Wildman–Crippen LogP) is 4.06. The van der Waals surface area contributed by atoms with Crippen molar-refractivity contribution < 1.29 is 9.66 Å². The van der Waals surface area contributed by atoms with Gasteiger partial charge in [0.2, 0.25) is 0 Å². The Balaban J connectivity index is 2.25. The molecule has 20 heavy (non-hydrogen) atoms. The molecule has 0 bridgehead atoms. The van der Waals surface area contributed by atoms with E-state index >= 15 is 0 Å². The van der Waals surface area contributed by atoms with Crippen LogP contribution >= 0.6 is 11.6 Å². The lowest BCUT2D eigenvalue weighted by Gasteiger charge is -2.09. The van der Waals surface area contributed by atoms with E-state index in [1.807, 2.05) is 19.1 Å². The number of rotatable bonds is 4. The van der Waals surface area contributed by atoms with Crippen LogP contribution in [0.1, 0.15) is 18.5 Å². The third-order valence-corrected chi connectivity index (χ3v) is 3.07. The van der Waals surface area contributed by atoms with E-state index in [0.29, 0.717) is 10.8 Å². The zero-order valence-corrected chi connectivity index (χ0v) is 11.5. The number of nitro groups is 1. The molecule has 2 aromatic rings. The third kappa shape index (κ3) is 3.26. The van der Waals surface area contributed by atoms with E-state index in [2.05, 4.69) is 0 Å². The topological polar surface area (TPSA) is 78.4 Å². The summed E-state index contributed by atoms with van der Waals surface area (Å²) in [6, 6.07) is 11.2. The molecule has 0 fully saturated rings. The number of hydrogen-bond donors (Lipinski definition) is 1. The highest BCUT2D eigenvalue weighted by atomic mass is 35.5. The molecule has 0 spiro atoms. The highest BCUT2D eigenvalue weighted by molar-refractivity contribution is 6.32. The van der Waals surface area contributed by atoms with Gasteiger partial charge in [0.1, 0.15) is 5.75 Å². The molecule has 0 amide bonds. The van der Waals surface area contributed by atoms with Gasteiger partial charge in [-0.15, -0.1) is 0 Å². The van der Waals surface area contributed by atoms with E-state index in [1.54, 1.807) is 12.1 Å². The minimum absolute atomic E-state index is 0.0644. The van der Waals surface area contributed by atoms with E-state index < -0.39 is 4.92 Å². The van der Waals surface area contributed by atoms with Crippen molar-refractivity contribution in [2.24, 2.45) is 5.73 Å². The van der Waals surface area contributed by atoms with Crippen molar-refractivity contribution in [2.45, 2.75) is 13.0 Å². The molecule has 104 valence electrons. The molecule has 0 aliphatic carbocycles. The first-order valence-corrected chi connectivity index (χ1v) is 6.32. The standard InChI is InChI=1S/C14H13ClN2O3/c1-9(16)10-2-5-12(6-3-10)20-14-8-11(17(18)19)4-7-13(14)15/h2-9H,16H2,1H3/t9-/m0/s1. The number of nitro benzene ring substituents is 1. The summed E-state index contributed by atoms with van der Waals surface area (Å²) in [7, 11) is 0. The second kappa shape index (κ2) is 5.90. The lowest BCUT2D eigenvalue weighted by atomic mass is 10.1. The maximum Gasteiger partial charge on any atom is 0.273 e. The van der Waals surface area contributed by atoms with Crippen LogP contribution in [0.5, 0.6) is 11.5 Å². The van der Waals surface area contributed by atoms with E-state index in [4.69, 9.17) is 22.1 Å². The summed E-state index contributed by atoms with van der Waals surface area (Å²) in [5, 5.41) is 11.0. The Kier molecular flexibility index (Phi) is 4.22. The van der Waals surface area contributed by atoms with Crippen molar-refractivity contribution in [1.29, 1.82) is 0 Å². The number of nitrogens with two attached hydrogens (primary N) is 1. The van der Waals surface area contributed by atoms with Crippen molar-refractivity contribution in [3.8, 4) is 11.5 Å². The second-order valence-corrected chi connectivity index (χ2v) is 4.74. The number of non-ortho nitro benzene ring substituents is 1. The Morgan fingerprint density at radius 1 is 1.25 bits per heavy atom. The Morgan fingerprint density at radius 3 is 2.45 bits per heavy atom. The zero-order chi connectivity index (χ0) is 14.7. The monoisotopic (exact) mass is 292 g/mol. The van der Waals surface area contributed by atoms with Gasteiger partial charge < -0.3 is 10.5 Å². The van der Waals surface area contributed by atoms with E-state index in [-0.39, 0.29) is 17.5 Å². The highest BCUT2D eigenvalue weighted by Gasteiger charge is 2.11.